The number of carbonyl (C=O) groups is 1. The molecule has 0 atom stereocenters. The number of nitrogens with zero attached hydrogens (tertiary/aromatic N) is 3. The van der Waals surface area contributed by atoms with Gasteiger partial charge < -0.3 is 14.2 Å². The minimum Gasteiger partial charge on any atom is -0.496 e. The number of likely N-dealkylation sites (tertiary alicyclic amines) is 1. The minimum atomic E-state index is -3.81. The van der Waals surface area contributed by atoms with Crippen molar-refractivity contribution < 1.29 is 17.9 Å². The molecule has 0 spiro atoms. The van der Waals surface area contributed by atoms with Gasteiger partial charge in [0, 0.05) is 37.7 Å². The summed E-state index contributed by atoms with van der Waals surface area (Å²) in [6.07, 6.45) is 7.13. The van der Waals surface area contributed by atoms with Crippen molar-refractivity contribution >= 4 is 15.9 Å². The molecule has 0 saturated carbocycles. The van der Waals surface area contributed by atoms with Gasteiger partial charge >= 0.3 is 0 Å². The zero-order valence-electron chi connectivity index (χ0n) is 17.2. The molecule has 3 aromatic rings. The standard InChI is InChI=1S/C22H24N4O4S/c1-30-21-9-8-19(14-20(21)22(27)25-11-2-3-12-25)31(28,29)24-15-17-4-6-18(7-5-17)26-13-10-23-16-26/h4-10,13-14,16,24H,2-3,11-12,15H2,1H3. The molecule has 1 amide bonds. The molecule has 2 aromatic carbocycles. The van der Waals surface area contributed by atoms with Gasteiger partial charge in [0.2, 0.25) is 10.0 Å². The van der Waals surface area contributed by atoms with Crippen LogP contribution in [0.25, 0.3) is 5.69 Å². The number of benzene rings is 2. The molecule has 1 aromatic heterocycles. The highest BCUT2D eigenvalue weighted by Gasteiger charge is 2.25. The van der Waals surface area contributed by atoms with E-state index >= 15 is 0 Å². The number of rotatable bonds is 7. The summed E-state index contributed by atoms with van der Waals surface area (Å²) in [5, 5.41) is 0. The summed E-state index contributed by atoms with van der Waals surface area (Å²) in [5.41, 5.74) is 2.01. The Morgan fingerprint density at radius 3 is 2.52 bits per heavy atom. The maximum absolute atomic E-state index is 12.9. The Kier molecular flexibility index (Phi) is 6.06. The predicted octanol–water partition coefficient (Wildman–Crippen LogP) is 2.60. The van der Waals surface area contributed by atoms with Crippen LogP contribution in [0.2, 0.25) is 0 Å². The number of hydrogen-bond donors (Lipinski definition) is 1. The van der Waals surface area contributed by atoms with E-state index in [0.717, 1.165) is 24.1 Å². The van der Waals surface area contributed by atoms with Gasteiger partial charge in [-0.15, -0.1) is 0 Å². The SMILES string of the molecule is COc1ccc(S(=O)(=O)NCc2ccc(-n3ccnc3)cc2)cc1C(=O)N1CCCC1. The highest BCUT2D eigenvalue weighted by atomic mass is 32.2. The molecular weight excluding hydrogens is 416 g/mol. The maximum atomic E-state index is 12.9. The number of amides is 1. The number of hydrogen-bond acceptors (Lipinski definition) is 5. The molecule has 0 unspecified atom stereocenters. The van der Waals surface area contributed by atoms with Gasteiger partial charge in [-0.25, -0.2) is 18.1 Å². The lowest BCUT2D eigenvalue weighted by atomic mass is 10.1. The summed E-state index contributed by atoms with van der Waals surface area (Å²) in [6.45, 7) is 1.48. The number of sulfonamides is 1. The molecule has 1 aliphatic rings. The molecule has 2 heterocycles. The first-order chi connectivity index (χ1) is 15.0. The summed E-state index contributed by atoms with van der Waals surface area (Å²) in [6, 6.07) is 11.9. The van der Waals surface area contributed by atoms with Gasteiger partial charge in [-0.2, -0.15) is 0 Å². The first-order valence-corrected chi connectivity index (χ1v) is 11.5. The van der Waals surface area contributed by atoms with Gasteiger partial charge in [-0.3, -0.25) is 4.79 Å². The van der Waals surface area contributed by atoms with Crippen LogP contribution in [0.5, 0.6) is 5.75 Å². The van der Waals surface area contributed by atoms with E-state index in [1.165, 1.54) is 25.3 Å². The Labute approximate surface area is 181 Å². The third-order valence-electron chi connectivity index (χ3n) is 5.31. The topological polar surface area (TPSA) is 93.5 Å². The number of carbonyl (C=O) groups excluding carboxylic acids is 1. The van der Waals surface area contributed by atoms with Gasteiger partial charge in [0.25, 0.3) is 5.91 Å². The van der Waals surface area contributed by atoms with E-state index in [1.807, 2.05) is 35.0 Å². The van der Waals surface area contributed by atoms with E-state index in [2.05, 4.69) is 9.71 Å². The lowest BCUT2D eigenvalue weighted by Gasteiger charge is -2.18. The highest BCUT2D eigenvalue weighted by molar-refractivity contribution is 7.89. The van der Waals surface area contributed by atoms with Crippen molar-refractivity contribution in [3.8, 4) is 11.4 Å². The summed E-state index contributed by atoms with van der Waals surface area (Å²) in [4.78, 5) is 18.6. The molecular formula is C22H24N4O4S. The number of imidazole rings is 1. The fourth-order valence-electron chi connectivity index (χ4n) is 3.57. The molecule has 1 aliphatic heterocycles. The van der Waals surface area contributed by atoms with Gasteiger partial charge in [-0.05, 0) is 48.7 Å². The second-order valence-electron chi connectivity index (χ2n) is 7.32. The Morgan fingerprint density at radius 1 is 1.13 bits per heavy atom. The maximum Gasteiger partial charge on any atom is 0.257 e. The zero-order chi connectivity index (χ0) is 21.8. The van der Waals surface area contributed by atoms with Crippen LogP contribution >= 0.6 is 0 Å². The predicted molar refractivity (Wildman–Crippen MR) is 116 cm³/mol. The molecule has 9 heteroatoms. The molecule has 0 radical (unpaired) electrons. The summed E-state index contributed by atoms with van der Waals surface area (Å²) in [5.74, 6) is 0.160. The molecule has 8 nitrogen and oxygen atoms in total. The van der Waals surface area contributed by atoms with Crippen LogP contribution in [0.1, 0.15) is 28.8 Å². The molecule has 1 fully saturated rings. The van der Waals surface area contributed by atoms with Crippen molar-refractivity contribution in [3.63, 3.8) is 0 Å². The lowest BCUT2D eigenvalue weighted by molar-refractivity contribution is 0.0789. The first-order valence-electron chi connectivity index (χ1n) is 10.0. The van der Waals surface area contributed by atoms with E-state index in [4.69, 9.17) is 4.74 Å². The van der Waals surface area contributed by atoms with Crippen molar-refractivity contribution in [1.82, 2.24) is 19.2 Å². The van der Waals surface area contributed by atoms with E-state index in [9.17, 15) is 13.2 Å². The molecule has 1 N–H and O–H groups in total. The molecule has 4 rings (SSSR count). The molecule has 0 bridgehead atoms. The van der Waals surface area contributed by atoms with E-state index in [1.54, 1.807) is 17.4 Å². The highest BCUT2D eigenvalue weighted by Crippen LogP contribution is 2.25. The van der Waals surface area contributed by atoms with Crippen LogP contribution in [0.4, 0.5) is 0 Å². The molecule has 31 heavy (non-hydrogen) atoms. The van der Waals surface area contributed by atoms with E-state index in [0.29, 0.717) is 18.8 Å². The smallest absolute Gasteiger partial charge is 0.257 e. The second kappa shape index (κ2) is 8.91. The number of ether oxygens (including phenoxy) is 1. The van der Waals surface area contributed by atoms with Gasteiger partial charge in [0.1, 0.15) is 5.75 Å². The third-order valence-corrected chi connectivity index (χ3v) is 6.71. The summed E-state index contributed by atoms with van der Waals surface area (Å²) in [7, 11) is -2.34. The Hall–Kier alpha value is -3.17. The van der Waals surface area contributed by atoms with Crippen LogP contribution in [0.15, 0.2) is 66.1 Å². The van der Waals surface area contributed by atoms with Crippen molar-refractivity contribution in [2.24, 2.45) is 0 Å². The fourth-order valence-corrected chi connectivity index (χ4v) is 4.61. The van der Waals surface area contributed by atoms with Crippen molar-refractivity contribution in [3.05, 3.63) is 72.3 Å². The average molecular weight is 441 g/mol. The monoisotopic (exact) mass is 440 g/mol. The van der Waals surface area contributed by atoms with E-state index < -0.39 is 10.0 Å². The number of aromatic nitrogens is 2. The van der Waals surface area contributed by atoms with E-state index in [-0.39, 0.29) is 22.9 Å². The van der Waals surface area contributed by atoms with Crippen LogP contribution < -0.4 is 9.46 Å². The van der Waals surface area contributed by atoms with Crippen molar-refractivity contribution in [2.45, 2.75) is 24.3 Å². The molecule has 162 valence electrons. The zero-order valence-corrected chi connectivity index (χ0v) is 18.0. The van der Waals surface area contributed by atoms with Crippen molar-refractivity contribution in [2.75, 3.05) is 20.2 Å². The second-order valence-corrected chi connectivity index (χ2v) is 9.09. The van der Waals surface area contributed by atoms with Crippen molar-refractivity contribution in [1.29, 1.82) is 0 Å². The number of methoxy groups -OCH3 is 1. The summed E-state index contributed by atoms with van der Waals surface area (Å²) < 4.78 is 35.5. The normalized spacial score (nSPS) is 14.0. The molecule has 0 aliphatic carbocycles. The molecule has 1 saturated heterocycles. The van der Waals surface area contributed by atoms with Crippen LogP contribution in [0.3, 0.4) is 0 Å². The van der Waals surface area contributed by atoms with Gasteiger partial charge in [0.15, 0.2) is 0 Å². The summed E-state index contributed by atoms with van der Waals surface area (Å²) >= 11 is 0. The van der Waals surface area contributed by atoms with Gasteiger partial charge in [0.05, 0.1) is 23.9 Å². The largest absolute Gasteiger partial charge is 0.496 e. The minimum absolute atomic E-state index is 0.0332. The Balaban J connectivity index is 1.50. The third kappa shape index (κ3) is 4.62. The average Bonchev–Trinajstić information content (AvgIpc) is 3.52. The van der Waals surface area contributed by atoms with Crippen LogP contribution in [-0.4, -0.2) is 49.0 Å². The fraction of sp³-hybridized carbons (Fsp3) is 0.273. The Bertz CT molecular complexity index is 1150. The lowest BCUT2D eigenvalue weighted by Crippen LogP contribution is -2.29. The Morgan fingerprint density at radius 2 is 1.87 bits per heavy atom. The van der Waals surface area contributed by atoms with Gasteiger partial charge in [-0.1, -0.05) is 12.1 Å². The van der Waals surface area contributed by atoms with Crippen LogP contribution in [-0.2, 0) is 16.6 Å². The number of nitrogens with one attached hydrogen (secondary N) is 1. The first kappa shape index (κ1) is 21.1. The quantitative estimate of drug-likeness (QED) is 0.610. The van der Waals surface area contributed by atoms with Crippen LogP contribution in [0, 0.1) is 0 Å².